The van der Waals surface area contributed by atoms with Crippen LogP contribution in [0.25, 0.3) is 0 Å². The highest BCUT2D eigenvalue weighted by atomic mass is 32.1. The normalized spacial score (nSPS) is 31.4. The Bertz CT molecular complexity index is 338. The second kappa shape index (κ2) is 5.51. The van der Waals surface area contributed by atoms with Crippen LogP contribution in [-0.4, -0.2) is 11.7 Å². The maximum atomic E-state index is 10.6. The van der Waals surface area contributed by atoms with Crippen molar-refractivity contribution in [3.63, 3.8) is 0 Å². The minimum absolute atomic E-state index is 0.0796. The summed E-state index contributed by atoms with van der Waals surface area (Å²) in [5.74, 6) is 0.738. The Morgan fingerprint density at radius 1 is 1.65 bits per heavy atom. The van der Waals surface area contributed by atoms with E-state index >= 15 is 0 Å². The fourth-order valence-corrected chi connectivity index (χ4v) is 4.01. The number of aliphatic hydroxyl groups excluding tert-OH is 1. The Labute approximate surface area is 108 Å². The molecule has 1 aromatic rings. The van der Waals surface area contributed by atoms with Crippen LogP contribution in [0.3, 0.4) is 0 Å². The van der Waals surface area contributed by atoms with E-state index in [0.29, 0.717) is 6.54 Å². The van der Waals surface area contributed by atoms with Crippen LogP contribution in [0.15, 0.2) is 17.5 Å². The van der Waals surface area contributed by atoms with E-state index < -0.39 is 0 Å². The standard InChI is InChI=1S/C14H23NOS/c1-2-11-5-3-7-14(9-11,10-15)13(16)12-6-4-8-17-12/h4,6,8,11,13,16H,2-3,5,7,9-10,15H2,1H3. The molecule has 2 rings (SSSR count). The first-order valence-corrected chi connectivity index (χ1v) is 7.51. The molecular weight excluding hydrogens is 230 g/mol. The zero-order chi connectivity index (χ0) is 12.3. The van der Waals surface area contributed by atoms with Crippen molar-refractivity contribution in [3.8, 4) is 0 Å². The molecule has 1 saturated carbocycles. The molecule has 3 N–H and O–H groups in total. The predicted molar refractivity (Wildman–Crippen MR) is 73.0 cm³/mol. The first-order valence-electron chi connectivity index (χ1n) is 6.63. The Morgan fingerprint density at radius 3 is 3.06 bits per heavy atom. The largest absolute Gasteiger partial charge is 0.387 e. The summed E-state index contributed by atoms with van der Waals surface area (Å²) in [6.07, 6.45) is 5.49. The average Bonchev–Trinajstić information content (AvgIpc) is 2.91. The third-order valence-corrected chi connectivity index (χ3v) is 5.28. The summed E-state index contributed by atoms with van der Waals surface area (Å²) in [6.45, 7) is 2.84. The summed E-state index contributed by atoms with van der Waals surface area (Å²) in [6, 6.07) is 4.04. The number of hydrogen-bond donors (Lipinski definition) is 2. The number of hydrogen-bond acceptors (Lipinski definition) is 3. The quantitative estimate of drug-likeness (QED) is 0.864. The topological polar surface area (TPSA) is 46.2 Å². The smallest absolute Gasteiger partial charge is 0.0950 e. The lowest BCUT2D eigenvalue weighted by Crippen LogP contribution is -2.40. The van der Waals surface area contributed by atoms with Gasteiger partial charge in [0.1, 0.15) is 0 Å². The van der Waals surface area contributed by atoms with Gasteiger partial charge in [0.05, 0.1) is 6.10 Å². The molecule has 0 aromatic carbocycles. The van der Waals surface area contributed by atoms with Gasteiger partial charge < -0.3 is 10.8 Å². The molecule has 0 bridgehead atoms. The van der Waals surface area contributed by atoms with E-state index in [9.17, 15) is 5.11 Å². The van der Waals surface area contributed by atoms with Crippen molar-refractivity contribution in [1.29, 1.82) is 0 Å². The monoisotopic (exact) mass is 253 g/mol. The molecule has 3 unspecified atom stereocenters. The van der Waals surface area contributed by atoms with Gasteiger partial charge in [-0.2, -0.15) is 0 Å². The van der Waals surface area contributed by atoms with Crippen molar-refractivity contribution >= 4 is 11.3 Å². The Kier molecular flexibility index (Phi) is 4.23. The van der Waals surface area contributed by atoms with Crippen LogP contribution in [0.4, 0.5) is 0 Å². The Balaban J connectivity index is 2.18. The lowest BCUT2D eigenvalue weighted by Gasteiger charge is -2.43. The zero-order valence-electron chi connectivity index (χ0n) is 10.6. The lowest BCUT2D eigenvalue weighted by molar-refractivity contribution is -0.0140. The molecule has 1 heterocycles. The Morgan fingerprint density at radius 2 is 2.47 bits per heavy atom. The maximum absolute atomic E-state index is 10.6. The summed E-state index contributed by atoms with van der Waals surface area (Å²) in [5, 5.41) is 12.7. The van der Waals surface area contributed by atoms with Crippen LogP contribution < -0.4 is 5.73 Å². The highest BCUT2D eigenvalue weighted by molar-refractivity contribution is 7.10. The van der Waals surface area contributed by atoms with Crippen molar-refractivity contribution in [1.82, 2.24) is 0 Å². The second-order valence-corrected chi connectivity index (χ2v) is 6.33. The first kappa shape index (κ1) is 13.1. The summed E-state index contributed by atoms with van der Waals surface area (Å²) in [7, 11) is 0. The molecule has 0 amide bonds. The predicted octanol–water partition coefficient (Wildman–Crippen LogP) is 3.33. The molecule has 1 aromatic heterocycles. The summed E-state index contributed by atoms with van der Waals surface area (Å²) < 4.78 is 0. The molecule has 0 saturated heterocycles. The highest BCUT2D eigenvalue weighted by Crippen LogP contribution is 2.48. The minimum atomic E-state index is -0.373. The van der Waals surface area contributed by atoms with E-state index in [1.165, 1.54) is 19.3 Å². The number of nitrogens with two attached hydrogens (primary N) is 1. The maximum Gasteiger partial charge on any atom is 0.0950 e. The Hall–Kier alpha value is -0.380. The van der Waals surface area contributed by atoms with Gasteiger partial charge in [-0.25, -0.2) is 0 Å². The van der Waals surface area contributed by atoms with Gasteiger partial charge in [-0.1, -0.05) is 32.3 Å². The van der Waals surface area contributed by atoms with Gasteiger partial charge >= 0.3 is 0 Å². The summed E-state index contributed by atoms with van der Waals surface area (Å²) in [5.41, 5.74) is 5.93. The van der Waals surface area contributed by atoms with Crippen LogP contribution in [-0.2, 0) is 0 Å². The molecule has 1 aliphatic carbocycles. The van der Waals surface area contributed by atoms with Crippen molar-refractivity contribution in [2.45, 2.75) is 45.1 Å². The van der Waals surface area contributed by atoms with Crippen molar-refractivity contribution < 1.29 is 5.11 Å². The van der Waals surface area contributed by atoms with Gasteiger partial charge in [-0.05, 0) is 30.2 Å². The molecule has 1 aliphatic rings. The number of aliphatic hydroxyl groups is 1. The van der Waals surface area contributed by atoms with Crippen molar-refractivity contribution in [2.24, 2.45) is 17.1 Å². The van der Waals surface area contributed by atoms with Crippen LogP contribution in [0.2, 0.25) is 0 Å². The summed E-state index contributed by atoms with van der Waals surface area (Å²) >= 11 is 1.64. The van der Waals surface area contributed by atoms with Crippen LogP contribution >= 0.6 is 11.3 Å². The minimum Gasteiger partial charge on any atom is -0.387 e. The molecule has 3 atom stereocenters. The van der Waals surface area contributed by atoms with Crippen LogP contribution in [0, 0.1) is 11.3 Å². The summed E-state index contributed by atoms with van der Waals surface area (Å²) in [4.78, 5) is 1.08. The molecule has 17 heavy (non-hydrogen) atoms. The fraction of sp³-hybridized carbons (Fsp3) is 0.714. The van der Waals surface area contributed by atoms with Gasteiger partial charge in [0.25, 0.3) is 0 Å². The van der Waals surface area contributed by atoms with Gasteiger partial charge in [0.15, 0.2) is 0 Å². The first-order chi connectivity index (χ1) is 8.22. The molecular formula is C14H23NOS. The van der Waals surface area contributed by atoms with Gasteiger partial charge in [0.2, 0.25) is 0 Å². The molecule has 96 valence electrons. The molecule has 1 fully saturated rings. The van der Waals surface area contributed by atoms with Gasteiger partial charge in [0, 0.05) is 16.8 Å². The third-order valence-electron chi connectivity index (χ3n) is 4.36. The zero-order valence-corrected chi connectivity index (χ0v) is 11.4. The SMILES string of the molecule is CCC1CCCC(CN)(C(O)c2cccs2)C1. The van der Waals surface area contributed by atoms with E-state index in [4.69, 9.17) is 5.73 Å². The second-order valence-electron chi connectivity index (χ2n) is 5.36. The average molecular weight is 253 g/mol. The van der Waals surface area contributed by atoms with Crippen molar-refractivity contribution in [2.75, 3.05) is 6.54 Å². The molecule has 2 nitrogen and oxygen atoms in total. The number of rotatable bonds is 4. The lowest BCUT2D eigenvalue weighted by atomic mass is 9.65. The third kappa shape index (κ3) is 2.56. The van der Waals surface area contributed by atoms with Crippen LogP contribution in [0.1, 0.15) is 50.0 Å². The molecule has 0 radical (unpaired) electrons. The van der Waals surface area contributed by atoms with E-state index in [2.05, 4.69) is 6.92 Å². The van der Waals surface area contributed by atoms with E-state index in [0.717, 1.165) is 23.6 Å². The highest BCUT2D eigenvalue weighted by Gasteiger charge is 2.41. The fourth-order valence-electron chi connectivity index (χ4n) is 3.16. The van der Waals surface area contributed by atoms with E-state index in [-0.39, 0.29) is 11.5 Å². The molecule has 3 heteroatoms. The van der Waals surface area contributed by atoms with E-state index in [1.54, 1.807) is 11.3 Å². The van der Waals surface area contributed by atoms with Gasteiger partial charge in [-0.15, -0.1) is 11.3 Å². The van der Waals surface area contributed by atoms with Gasteiger partial charge in [-0.3, -0.25) is 0 Å². The van der Waals surface area contributed by atoms with E-state index in [1.807, 2.05) is 17.5 Å². The van der Waals surface area contributed by atoms with Crippen molar-refractivity contribution in [3.05, 3.63) is 22.4 Å². The van der Waals surface area contributed by atoms with Crippen LogP contribution in [0.5, 0.6) is 0 Å². The molecule has 0 aliphatic heterocycles. The number of thiophene rings is 1. The molecule has 0 spiro atoms.